The van der Waals surface area contributed by atoms with Crippen LogP contribution in [0.25, 0.3) is 0 Å². The van der Waals surface area contributed by atoms with E-state index in [9.17, 15) is 0 Å². The molecule has 0 spiro atoms. The van der Waals surface area contributed by atoms with Crippen molar-refractivity contribution >= 4 is 17.3 Å². The fourth-order valence-electron chi connectivity index (χ4n) is 1.02. The van der Waals surface area contributed by atoms with Crippen molar-refractivity contribution in [1.29, 1.82) is 0 Å². The van der Waals surface area contributed by atoms with Gasteiger partial charge >= 0.3 is 0 Å². The van der Waals surface area contributed by atoms with Crippen molar-refractivity contribution < 1.29 is 0 Å². The van der Waals surface area contributed by atoms with Crippen LogP contribution in [0.15, 0.2) is 12.3 Å². The lowest BCUT2D eigenvalue weighted by Crippen LogP contribution is -2.44. The number of allylic oxidation sites excluding steroid dienone is 1. The molecule has 0 aromatic rings. The molecule has 2 nitrogen and oxygen atoms in total. The van der Waals surface area contributed by atoms with Crippen LogP contribution in [0.4, 0.5) is 0 Å². The normalized spacial score (nSPS) is 11.4. The van der Waals surface area contributed by atoms with E-state index in [4.69, 9.17) is 12.2 Å². The van der Waals surface area contributed by atoms with E-state index in [0.717, 1.165) is 5.11 Å². The summed E-state index contributed by atoms with van der Waals surface area (Å²) >= 11 is 5.42. The molecular weight excluding hydrogens is 192 g/mol. The molecule has 0 heterocycles. The maximum atomic E-state index is 5.42. The molecule has 0 amide bonds. The predicted molar refractivity (Wildman–Crippen MR) is 67.3 cm³/mol. The Kier molecular flexibility index (Phi) is 5.77. The summed E-state index contributed by atoms with van der Waals surface area (Å²) in [4.78, 5) is 4.21. The minimum atomic E-state index is 0.403. The fourth-order valence-corrected chi connectivity index (χ4v) is 1.50. The summed E-state index contributed by atoms with van der Waals surface area (Å²) in [7, 11) is 2.03. The molecule has 0 N–H and O–H groups in total. The first-order valence-corrected chi connectivity index (χ1v) is 5.50. The van der Waals surface area contributed by atoms with Crippen molar-refractivity contribution in [3.8, 4) is 0 Å². The third-order valence-corrected chi connectivity index (χ3v) is 2.66. The highest BCUT2D eigenvalue weighted by atomic mass is 32.1. The Morgan fingerprint density at radius 3 is 1.93 bits per heavy atom. The van der Waals surface area contributed by atoms with E-state index >= 15 is 0 Å². The molecule has 0 aliphatic carbocycles. The Morgan fingerprint density at radius 2 is 1.64 bits per heavy atom. The third-order valence-electron chi connectivity index (χ3n) is 2.16. The molecule has 0 aliphatic rings. The Hall–Kier alpha value is -0.570. The first-order valence-electron chi connectivity index (χ1n) is 5.09. The molecule has 0 radical (unpaired) electrons. The van der Waals surface area contributed by atoms with Crippen LogP contribution in [0.3, 0.4) is 0 Å². The average Bonchev–Trinajstić information content (AvgIpc) is 2.11. The average molecular weight is 214 g/mol. The minimum Gasteiger partial charge on any atom is -0.349 e. The molecule has 0 rings (SSSR count). The minimum absolute atomic E-state index is 0.403. The molecule has 14 heavy (non-hydrogen) atoms. The zero-order chi connectivity index (χ0) is 11.3. The van der Waals surface area contributed by atoms with Gasteiger partial charge in [0, 0.05) is 25.3 Å². The first kappa shape index (κ1) is 13.4. The van der Waals surface area contributed by atoms with Crippen LogP contribution in [0, 0.1) is 0 Å². The summed E-state index contributed by atoms with van der Waals surface area (Å²) in [6.07, 6.45) is 4.05. The topological polar surface area (TPSA) is 6.48 Å². The van der Waals surface area contributed by atoms with Crippen molar-refractivity contribution in [2.24, 2.45) is 0 Å². The molecule has 0 saturated carbocycles. The highest BCUT2D eigenvalue weighted by Crippen LogP contribution is 2.07. The van der Waals surface area contributed by atoms with Gasteiger partial charge in [0.15, 0.2) is 5.11 Å². The molecule has 0 atom stereocenters. The van der Waals surface area contributed by atoms with Crippen LogP contribution in [0.2, 0.25) is 0 Å². The number of nitrogens with zero attached hydrogens (tertiary/aromatic N) is 2. The van der Waals surface area contributed by atoms with Crippen LogP contribution >= 0.6 is 12.2 Å². The molecule has 0 aliphatic heterocycles. The Balaban J connectivity index is 4.60. The molecule has 0 aromatic carbocycles. The molecular formula is C11H22N2S. The van der Waals surface area contributed by atoms with Gasteiger partial charge in [-0.1, -0.05) is 6.08 Å². The van der Waals surface area contributed by atoms with Crippen molar-refractivity contribution in [3.63, 3.8) is 0 Å². The summed E-state index contributed by atoms with van der Waals surface area (Å²) in [5, 5.41) is 0.883. The smallest absolute Gasteiger partial charge is 0.175 e. The molecule has 0 bridgehead atoms. The molecule has 0 fully saturated rings. The van der Waals surface area contributed by atoms with Gasteiger partial charge in [0.05, 0.1) is 0 Å². The number of hydrogen-bond donors (Lipinski definition) is 0. The van der Waals surface area contributed by atoms with Crippen molar-refractivity contribution in [1.82, 2.24) is 9.80 Å². The van der Waals surface area contributed by atoms with Gasteiger partial charge in [-0.25, -0.2) is 0 Å². The predicted octanol–water partition coefficient (Wildman–Crippen LogP) is 2.86. The standard InChI is InChI=1S/C11H22N2S/c1-7-8-13(10(4)5)11(14)12(6)9(2)3/h7-10H,1-6H3/b8-7-. The van der Waals surface area contributed by atoms with Gasteiger partial charge in [-0.15, -0.1) is 0 Å². The van der Waals surface area contributed by atoms with Gasteiger partial charge in [-0.3, -0.25) is 0 Å². The summed E-state index contributed by atoms with van der Waals surface area (Å²) in [6.45, 7) is 10.6. The lowest BCUT2D eigenvalue weighted by Gasteiger charge is -2.33. The van der Waals surface area contributed by atoms with Gasteiger partial charge < -0.3 is 9.80 Å². The van der Waals surface area contributed by atoms with Crippen LogP contribution in [-0.4, -0.2) is 34.0 Å². The summed E-state index contributed by atoms with van der Waals surface area (Å²) in [5.41, 5.74) is 0. The van der Waals surface area contributed by atoms with Crippen LogP contribution in [0.1, 0.15) is 34.6 Å². The van der Waals surface area contributed by atoms with Gasteiger partial charge in [0.25, 0.3) is 0 Å². The summed E-state index contributed by atoms with van der Waals surface area (Å²) in [6, 6.07) is 0.842. The second kappa shape index (κ2) is 6.02. The highest BCUT2D eigenvalue weighted by molar-refractivity contribution is 7.80. The molecule has 82 valence electrons. The monoisotopic (exact) mass is 214 g/mol. The number of hydrogen-bond acceptors (Lipinski definition) is 1. The van der Waals surface area contributed by atoms with E-state index in [1.54, 1.807) is 0 Å². The summed E-state index contributed by atoms with van der Waals surface area (Å²) < 4.78 is 0. The van der Waals surface area contributed by atoms with E-state index in [-0.39, 0.29) is 0 Å². The van der Waals surface area contributed by atoms with E-state index in [1.165, 1.54) is 0 Å². The Morgan fingerprint density at radius 1 is 1.14 bits per heavy atom. The van der Waals surface area contributed by atoms with Gasteiger partial charge in [0.2, 0.25) is 0 Å². The van der Waals surface area contributed by atoms with Crippen molar-refractivity contribution in [3.05, 3.63) is 12.3 Å². The molecule has 0 aromatic heterocycles. The lowest BCUT2D eigenvalue weighted by atomic mass is 10.3. The van der Waals surface area contributed by atoms with Crippen LogP contribution in [0.5, 0.6) is 0 Å². The van der Waals surface area contributed by atoms with E-state index < -0.39 is 0 Å². The van der Waals surface area contributed by atoms with Crippen LogP contribution in [-0.2, 0) is 0 Å². The molecule has 0 unspecified atom stereocenters. The SMILES string of the molecule is C/C=C\N(C(=S)N(C)C(C)C)C(C)C. The lowest BCUT2D eigenvalue weighted by molar-refractivity contribution is 0.343. The third kappa shape index (κ3) is 3.66. The number of thiocarbonyl (C=S) groups is 1. The number of rotatable bonds is 3. The largest absolute Gasteiger partial charge is 0.349 e. The van der Waals surface area contributed by atoms with E-state index in [1.807, 2.05) is 26.2 Å². The maximum absolute atomic E-state index is 5.42. The van der Waals surface area contributed by atoms with Gasteiger partial charge in [-0.2, -0.15) is 0 Å². The molecule has 0 saturated heterocycles. The Labute approximate surface area is 93.6 Å². The van der Waals surface area contributed by atoms with Gasteiger partial charge in [0.1, 0.15) is 0 Å². The highest BCUT2D eigenvalue weighted by Gasteiger charge is 2.15. The van der Waals surface area contributed by atoms with Gasteiger partial charge in [-0.05, 0) is 46.8 Å². The first-order chi connectivity index (χ1) is 6.41. The quantitative estimate of drug-likeness (QED) is 0.667. The second-order valence-corrected chi connectivity index (χ2v) is 4.34. The fraction of sp³-hybridized carbons (Fsp3) is 0.727. The zero-order valence-corrected chi connectivity index (χ0v) is 10.9. The van der Waals surface area contributed by atoms with E-state index in [2.05, 4.69) is 37.5 Å². The van der Waals surface area contributed by atoms with E-state index in [0.29, 0.717) is 12.1 Å². The Bertz CT molecular complexity index is 209. The second-order valence-electron chi connectivity index (χ2n) is 3.97. The zero-order valence-electron chi connectivity index (χ0n) is 10.1. The summed E-state index contributed by atoms with van der Waals surface area (Å²) in [5.74, 6) is 0. The molecule has 3 heteroatoms. The van der Waals surface area contributed by atoms with Crippen molar-refractivity contribution in [2.75, 3.05) is 7.05 Å². The maximum Gasteiger partial charge on any atom is 0.175 e. The van der Waals surface area contributed by atoms with Crippen molar-refractivity contribution in [2.45, 2.75) is 46.7 Å². The van der Waals surface area contributed by atoms with Crippen LogP contribution < -0.4 is 0 Å².